The van der Waals surface area contributed by atoms with Gasteiger partial charge < -0.3 is 5.32 Å². The van der Waals surface area contributed by atoms with Crippen molar-refractivity contribution in [1.29, 1.82) is 5.26 Å². The largest absolute Gasteiger partial charge is 0.364 e. The zero-order valence-corrected chi connectivity index (χ0v) is 14.2. The molecule has 1 atom stereocenters. The fourth-order valence-corrected chi connectivity index (χ4v) is 2.82. The van der Waals surface area contributed by atoms with Gasteiger partial charge in [-0.25, -0.2) is 4.79 Å². The van der Waals surface area contributed by atoms with Crippen molar-refractivity contribution in [3.63, 3.8) is 0 Å². The highest BCUT2D eigenvalue weighted by atomic mass is 35.5. The molecule has 1 aromatic heterocycles. The second-order valence-electron chi connectivity index (χ2n) is 5.07. The average molecular weight is 353 g/mol. The molecule has 1 aromatic carbocycles. The van der Waals surface area contributed by atoms with Crippen LogP contribution in [0.15, 0.2) is 27.8 Å². The van der Waals surface area contributed by atoms with Crippen molar-refractivity contribution < 1.29 is 0 Å². The SMILES string of the molecule is CC(Nc1c(C#N)c(=O)n(C)c(=O)n1C)c1ccc(Cl)cc1Cl. The highest BCUT2D eigenvalue weighted by Crippen LogP contribution is 2.28. The molecule has 0 saturated carbocycles. The van der Waals surface area contributed by atoms with Gasteiger partial charge in [0.1, 0.15) is 11.9 Å². The van der Waals surface area contributed by atoms with Crippen molar-refractivity contribution in [2.24, 2.45) is 14.1 Å². The number of nitrogens with zero attached hydrogens (tertiary/aromatic N) is 3. The summed E-state index contributed by atoms with van der Waals surface area (Å²) >= 11 is 12.0. The maximum atomic E-state index is 12.1. The van der Waals surface area contributed by atoms with Crippen molar-refractivity contribution in [1.82, 2.24) is 9.13 Å². The lowest BCUT2D eigenvalue weighted by atomic mass is 10.1. The van der Waals surface area contributed by atoms with E-state index in [9.17, 15) is 14.9 Å². The van der Waals surface area contributed by atoms with E-state index in [0.717, 1.165) is 10.1 Å². The van der Waals surface area contributed by atoms with Crippen molar-refractivity contribution >= 4 is 29.0 Å². The number of nitrogens with one attached hydrogen (secondary N) is 1. The number of hydrogen-bond donors (Lipinski definition) is 1. The lowest BCUT2D eigenvalue weighted by Gasteiger charge is -2.20. The Morgan fingerprint density at radius 3 is 2.43 bits per heavy atom. The molecule has 2 rings (SSSR count). The average Bonchev–Trinajstić information content (AvgIpc) is 2.50. The number of hydrogen-bond acceptors (Lipinski definition) is 4. The summed E-state index contributed by atoms with van der Waals surface area (Å²) in [6, 6.07) is 6.54. The van der Waals surface area contributed by atoms with Crippen molar-refractivity contribution in [2.45, 2.75) is 13.0 Å². The first kappa shape index (κ1) is 17.1. The normalized spacial score (nSPS) is 11.8. The van der Waals surface area contributed by atoms with Crippen molar-refractivity contribution in [3.05, 3.63) is 60.2 Å². The fourth-order valence-electron chi connectivity index (χ4n) is 2.25. The molecule has 0 radical (unpaired) electrons. The molecule has 0 aliphatic heterocycles. The summed E-state index contributed by atoms with van der Waals surface area (Å²) in [4.78, 5) is 24.1. The lowest BCUT2D eigenvalue weighted by Crippen LogP contribution is -2.40. The highest BCUT2D eigenvalue weighted by molar-refractivity contribution is 6.35. The molecule has 0 bridgehead atoms. The summed E-state index contributed by atoms with van der Waals surface area (Å²) in [5.74, 6) is 0.152. The number of nitriles is 1. The molecular weight excluding hydrogens is 339 g/mol. The van der Waals surface area contributed by atoms with E-state index in [4.69, 9.17) is 23.2 Å². The van der Waals surface area contributed by atoms with Crippen molar-refractivity contribution in [3.8, 4) is 6.07 Å². The third-order valence-corrected chi connectivity index (χ3v) is 4.12. The molecule has 1 N–H and O–H groups in total. The minimum atomic E-state index is -0.646. The summed E-state index contributed by atoms with van der Waals surface area (Å²) in [7, 11) is 2.82. The van der Waals surface area contributed by atoms with Gasteiger partial charge in [0, 0.05) is 24.1 Å². The van der Waals surface area contributed by atoms with E-state index >= 15 is 0 Å². The minimum absolute atomic E-state index is 0.133. The van der Waals surface area contributed by atoms with Gasteiger partial charge in [-0.3, -0.25) is 13.9 Å². The van der Waals surface area contributed by atoms with E-state index in [1.165, 1.54) is 18.7 Å². The third kappa shape index (κ3) is 3.11. The van der Waals surface area contributed by atoms with Crippen LogP contribution < -0.4 is 16.6 Å². The first-order valence-electron chi connectivity index (χ1n) is 6.69. The predicted octanol–water partition coefficient (Wildman–Crippen LogP) is 2.44. The Hall–Kier alpha value is -2.23. The maximum Gasteiger partial charge on any atom is 0.332 e. The number of rotatable bonds is 3. The molecular formula is C15H14Cl2N4O2. The monoisotopic (exact) mass is 352 g/mol. The van der Waals surface area contributed by atoms with Crippen LogP contribution in [0.4, 0.5) is 5.82 Å². The molecule has 23 heavy (non-hydrogen) atoms. The molecule has 0 aliphatic rings. The summed E-state index contributed by atoms with van der Waals surface area (Å²) in [5, 5.41) is 13.2. The van der Waals surface area contributed by atoms with E-state index in [2.05, 4.69) is 5.32 Å². The Morgan fingerprint density at radius 2 is 1.87 bits per heavy atom. The van der Waals surface area contributed by atoms with Crippen LogP contribution in [0.1, 0.15) is 24.1 Å². The Kier molecular flexibility index (Phi) is 4.83. The quantitative estimate of drug-likeness (QED) is 0.919. The van der Waals surface area contributed by atoms with Gasteiger partial charge >= 0.3 is 5.69 Å². The van der Waals surface area contributed by atoms with Gasteiger partial charge in [-0.2, -0.15) is 5.26 Å². The lowest BCUT2D eigenvalue weighted by molar-refractivity contribution is 0.678. The van der Waals surface area contributed by atoms with E-state index in [-0.39, 0.29) is 17.4 Å². The summed E-state index contributed by atoms with van der Waals surface area (Å²) in [5.41, 5.74) is -0.571. The molecule has 1 heterocycles. The standard InChI is InChI=1S/C15H14Cl2N4O2/c1-8(10-5-4-9(16)6-12(10)17)19-13-11(7-18)14(22)21(3)15(23)20(13)2/h4-6,8,19H,1-3H3. The Labute approximate surface area is 142 Å². The van der Waals surface area contributed by atoms with Crippen LogP contribution in [-0.4, -0.2) is 9.13 Å². The van der Waals surface area contributed by atoms with Crippen LogP contribution in [0.3, 0.4) is 0 Å². The number of benzene rings is 1. The van der Waals surface area contributed by atoms with Crippen LogP contribution in [0.5, 0.6) is 0 Å². The molecule has 0 fully saturated rings. The molecule has 8 heteroatoms. The van der Waals surface area contributed by atoms with Crippen LogP contribution in [0.2, 0.25) is 10.0 Å². The van der Waals surface area contributed by atoms with Gasteiger partial charge in [-0.05, 0) is 24.6 Å². The van der Waals surface area contributed by atoms with Gasteiger partial charge in [0.25, 0.3) is 5.56 Å². The van der Waals surface area contributed by atoms with E-state index in [1.807, 2.05) is 6.07 Å². The molecule has 0 amide bonds. The number of aromatic nitrogens is 2. The fraction of sp³-hybridized carbons (Fsp3) is 0.267. The van der Waals surface area contributed by atoms with Gasteiger partial charge in [0.05, 0.1) is 6.04 Å². The molecule has 0 saturated heterocycles. The Balaban J connectivity index is 2.54. The third-order valence-electron chi connectivity index (χ3n) is 3.56. The van der Waals surface area contributed by atoms with Gasteiger partial charge in [0.2, 0.25) is 0 Å². The van der Waals surface area contributed by atoms with Crippen LogP contribution >= 0.6 is 23.2 Å². The van der Waals surface area contributed by atoms with E-state index in [1.54, 1.807) is 25.1 Å². The maximum absolute atomic E-state index is 12.1. The topological polar surface area (TPSA) is 79.8 Å². The second-order valence-corrected chi connectivity index (χ2v) is 5.92. The van der Waals surface area contributed by atoms with Crippen LogP contribution in [0, 0.1) is 11.3 Å². The van der Waals surface area contributed by atoms with Crippen LogP contribution in [0.25, 0.3) is 0 Å². The Bertz CT molecular complexity index is 925. The molecule has 2 aromatic rings. The summed E-state index contributed by atoms with van der Waals surface area (Å²) in [6.45, 7) is 1.80. The first-order chi connectivity index (χ1) is 10.8. The molecule has 1 unspecified atom stereocenters. The molecule has 0 aliphatic carbocycles. The smallest absolute Gasteiger partial charge is 0.332 e. The summed E-state index contributed by atoms with van der Waals surface area (Å²) < 4.78 is 2.12. The zero-order valence-electron chi connectivity index (χ0n) is 12.7. The zero-order chi connectivity index (χ0) is 17.3. The Morgan fingerprint density at radius 1 is 1.22 bits per heavy atom. The predicted molar refractivity (Wildman–Crippen MR) is 90.1 cm³/mol. The minimum Gasteiger partial charge on any atom is -0.364 e. The number of halogens is 2. The van der Waals surface area contributed by atoms with E-state index in [0.29, 0.717) is 10.0 Å². The number of anilines is 1. The molecule has 6 nitrogen and oxygen atoms in total. The van der Waals surface area contributed by atoms with E-state index < -0.39 is 11.2 Å². The molecule has 120 valence electrons. The highest BCUT2D eigenvalue weighted by Gasteiger charge is 2.18. The van der Waals surface area contributed by atoms with Gasteiger partial charge in [-0.1, -0.05) is 29.3 Å². The van der Waals surface area contributed by atoms with Crippen molar-refractivity contribution in [2.75, 3.05) is 5.32 Å². The van der Waals surface area contributed by atoms with Gasteiger partial charge in [-0.15, -0.1) is 0 Å². The second kappa shape index (κ2) is 6.49. The summed E-state index contributed by atoms with van der Waals surface area (Å²) in [6.07, 6.45) is 0. The molecule has 0 spiro atoms. The van der Waals surface area contributed by atoms with Gasteiger partial charge in [0.15, 0.2) is 5.56 Å². The first-order valence-corrected chi connectivity index (χ1v) is 7.45. The van der Waals surface area contributed by atoms with Crippen LogP contribution in [-0.2, 0) is 14.1 Å².